The first-order valence-corrected chi connectivity index (χ1v) is 14.0. The first-order valence-electron chi connectivity index (χ1n) is 14.0. The minimum absolute atomic E-state index is 0.0449. The van der Waals surface area contributed by atoms with Gasteiger partial charge in [0.15, 0.2) is 0 Å². The highest BCUT2D eigenvalue weighted by Crippen LogP contribution is 2.45. The summed E-state index contributed by atoms with van der Waals surface area (Å²) in [5.41, 5.74) is 2.27. The molecule has 2 aromatic carbocycles. The van der Waals surface area contributed by atoms with Gasteiger partial charge in [-0.05, 0) is 98.5 Å². The van der Waals surface area contributed by atoms with Gasteiger partial charge in [-0.25, -0.2) is 4.39 Å². The molecule has 0 radical (unpaired) electrons. The molecule has 0 unspecified atom stereocenters. The summed E-state index contributed by atoms with van der Waals surface area (Å²) < 4.78 is 15.5. The third-order valence-corrected chi connectivity index (χ3v) is 8.87. The van der Waals surface area contributed by atoms with E-state index in [1.807, 2.05) is 6.07 Å². The summed E-state index contributed by atoms with van der Waals surface area (Å²) in [5.74, 6) is 3.28. The Kier molecular flexibility index (Phi) is 9.04. The number of halogens is 1. The molecule has 33 heavy (non-hydrogen) atoms. The van der Waals surface area contributed by atoms with Crippen LogP contribution < -0.4 is 0 Å². The Morgan fingerprint density at radius 2 is 1.61 bits per heavy atom. The van der Waals surface area contributed by atoms with Crippen molar-refractivity contribution < 1.29 is 4.39 Å². The number of hydrogen-bond donors (Lipinski definition) is 0. The summed E-state index contributed by atoms with van der Waals surface area (Å²) in [6.07, 6.45) is 22.8. The van der Waals surface area contributed by atoms with E-state index in [1.54, 1.807) is 0 Å². The van der Waals surface area contributed by atoms with Crippen LogP contribution in [0.1, 0.15) is 114 Å². The molecule has 0 bridgehead atoms. The van der Waals surface area contributed by atoms with Crippen LogP contribution in [-0.4, -0.2) is 0 Å². The van der Waals surface area contributed by atoms with Crippen LogP contribution in [-0.2, 0) is 6.42 Å². The van der Waals surface area contributed by atoms with E-state index in [2.05, 4.69) is 50.3 Å². The van der Waals surface area contributed by atoms with Crippen molar-refractivity contribution in [3.63, 3.8) is 0 Å². The Bertz CT molecular complexity index is 894. The van der Waals surface area contributed by atoms with E-state index in [1.165, 1.54) is 82.6 Å². The molecule has 2 aliphatic rings. The maximum Gasteiger partial charge on any atom is 0.134 e. The zero-order valence-electron chi connectivity index (χ0n) is 21.1. The van der Waals surface area contributed by atoms with Crippen LogP contribution in [0.4, 0.5) is 4.39 Å². The minimum Gasteiger partial charge on any atom is -0.206 e. The van der Waals surface area contributed by atoms with Gasteiger partial charge >= 0.3 is 0 Å². The highest BCUT2D eigenvalue weighted by Gasteiger charge is 2.32. The van der Waals surface area contributed by atoms with E-state index >= 15 is 4.39 Å². The molecule has 4 rings (SSSR count). The maximum absolute atomic E-state index is 15.5. The van der Waals surface area contributed by atoms with Gasteiger partial charge in [-0.2, -0.15) is 0 Å². The normalized spacial score (nSPS) is 26.3. The molecule has 0 N–H and O–H groups in total. The van der Waals surface area contributed by atoms with Crippen LogP contribution in [0.2, 0.25) is 0 Å². The summed E-state index contributed by atoms with van der Waals surface area (Å²) in [6.45, 7) is 4.37. The number of fused-ring (bicyclic) bond motifs is 1. The Balaban J connectivity index is 1.31. The Labute approximate surface area is 202 Å². The van der Waals surface area contributed by atoms with Crippen molar-refractivity contribution in [3.05, 3.63) is 59.4 Å². The van der Waals surface area contributed by atoms with Crippen LogP contribution in [0, 0.1) is 23.6 Å². The zero-order valence-corrected chi connectivity index (χ0v) is 21.1. The number of benzene rings is 2. The fourth-order valence-corrected chi connectivity index (χ4v) is 6.78. The van der Waals surface area contributed by atoms with Crippen LogP contribution >= 0.6 is 0 Å². The van der Waals surface area contributed by atoms with Crippen molar-refractivity contribution in [2.75, 3.05) is 0 Å². The fourth-order valence-electron chi connectivity index (χ4n) is 6.78. The number of aryl methyl sites for hydroxylation is 1. The maximum atomic E-state index is 15.5. The summed E-state index contributed by atoms with van der Waals surface area (Å²) >= 11 is 0. The number of unbranched alkanes of at least 4 members (excludes halogenated alkanes) is 2. The highest BCUT2D eigenvalue weighted by atomic mass is 19.1. The molecule has 0 aromatic heterocycles. The number of rotatable bonds is 9. The van der Waals surface area contributed by atoms with Gasteiger partial charge in [-0.3, -0.25) is 0 Å². The Morgan fingerprint density at radius 3 is 2.30 bits per heavy atom. The molecule has 180 valence electrons. The predicted molar refractivity (Wildman–Crippen MR) is 141 cm³/mol. The first kappa shape index (κ1) is 24.5. The van der Waals surface area contributed by atoms with Crippen molar-refractivity contribution >= 4 is 10.8 Å². The van der Waals surface area contributed by atoms with E-state index < -0.39 is 0 Å². The molecule has 2 saturated carbocycles. The summed E-state index contributed by atoms with van der Waals surface area (Å²) in [7, 11) is 0. The van der Waals surface area contributed by atoms with Gasteiger partial charge in [0.2, 0.25) is 0 Å². The van der Waals surface area contributed by atoms with E-state index in [-0.39, 0.29) is 5.82 Å². The SMILES string of the molecule is C/C=C/CCc1ccc2c(F)c(C3CCC(C4CCC(CCCCC)CC4)CC3)ccc2c1. The molecule has 1 heteroatoms. The van der Waals surface area contributed by atoms with Gasteiger partial charge in [-0.15, -0.1) is 0 Å². The molecule has 0 aliphatic heterocycles. The van der Waals surface area contributed by atoms with Gasteiger partial charge in [0, 0.05) is 5.39 Å². The standard InChI is InChI=1S/C32H45F/c1-3-5-7-9-24-11-14-26(15-12-24)27-16-18-28(19-17-27)30-22-20-29-23-25(10-8-6-4-2)13-21-31(29)32(30)33/h4,6,13,20-24,26-28H,3,5,7-12,14-19H2,1-2H3/b6-4+. The van der Waals surface area contributed by atoms with Crippen molar-refractivity contribution in [3.8, 4) is 0 Å². The summed E-state index contributed by atoms with van der Waals surface area (Å²) in [6, 6.07) is 10.6. The van der Waals surface area contributed by atoms with Crippen LogP contribution in [0.3, 0.4) is 0 Å². The largest absolute Gasteiger partial charge is 0.206 e. The third kappa shape index (κ3) is 6.28. The van der Waals surface area contributed by atoms with Crippen molar-refractivity contribution in [1.29, 1.82) is 0 Å². The smallest absolute Gasteiger partial charge is 0.134 e. The van der Waals surface area contributed by atoms with Crippen LogP contribution in [0.15, 0.2) is 42.5 Å². The predicted octanol–water partition coefficient (Wildman–Crippen LogP) is 10.1. The quantitative estimate of drug-likeness (QED) is 0.264. The minimum atomic E-state index is 0.0449. The molecule has 0 saturated heterocycles. The van der Waals surface area contributed by atoms with Gasteiger partial charge in [0.25, 0.3) is 0 Å². The Hall–Kier alpha value is -1.63. The second kappa shape index (κ2) is 12.2. The lowest BCUT2D eigenvalue weighted by molar-refractivity contribution is 0.155. The van der Waals surface area contributed by atoms with E-state index in [9.17, 15) is 0 Å². The molecule has 0 amide bonds. The van der Waals surface area contributed by atoms with E-state index in [4.69, 9.17) is 0 Å². The fraction of sp³-hybridized carbons (Fsp3) is 0.625. The monoisotopic (exact) mass is 448 g/mol. The molecule has 0 nitrogen and oxygen atoms in total. The average molecular weight is 449 g/mol. The molecule has 0 spiro atoms. The molecule has 0 atom stereocenters. The van der Waals surface area contributed by atoms with Crippen LogP contribution in [0.25, 0.3) is 10.8 Å². The topological polar surface area (TPSA) is 0 Å². The van der Waals surface area contributed by atoms with E-state index in [0.717, 1.165) is 46.9 Å². The molecular weight excluding hydrogens is 403 g/mol. The van der Waals surface area contributed by atoms with Crippen molar-refractivity contribution in [2.24, 2.45) is 17.8 Å². The number of hydrogen-bond acceptors (Lipinski definition) is 0. The first-order chi connectivity index (χ1) is 16.2. The summed E-state index contributed by atoms with van der Waals surface area (Å²) in [4.78, 5) is 0. The summed E-state index contributed by atoms with van der Waals surface area (Å²) in [5, 5.41) is 1.87. The molecule has 2 aromatic rings. The Morgan fingerprint density at radius 1 is 0.879 bits per heavy atom. The second-order valence-electron chi connectivity index (χ2n) is 11.0. The number of allylic oxidation sites excluding steroid dienone is 2. The average Bonchev–Trinajstić information content (AvgIpc) is 2.85. The lowest BCUT2D eigenvalue weighted by Gasteiger charge is -2.38. The van der Waals surface area contributed by atoms with Crippen LogP contribution in [0.5, 0.6) is 0 Å². The lowest BCUT2D eigenvalue weighted by atomic mass is 9.68. The van der Waals surface area contributed by atoms with Crippen molar-refractivity contribution in [1.82, 2.24) is 0 Å². The molecule has 2 aliphatic carbocycles. The van der Waals surface area contributed by atoms with Crippen molar-refractivity contribution in [2.45, 2.75) is 110 Å². The van der Waals surface area contributed by atoms with Gasteiger partial charge in [0.05, 0.1) is 0 Å². The van der Waals surface area contributed by atoms with E-state index in [0.29, 0.717) is 5.92 Å². The third-order valence-electron chi connectivity index (χ3n) is 8.87. The molecule has 2 fully saturated rings. The van der Waals surface area contributed by atoms with Gasteiger partial charge in [0.1, 0.15) is 5.82 Å². The highest BCUT2D eigenvalue weighted by molar-refractivity contribution is 5.84. The molecular formula is C32H45F. The van der Waals surface area contributed by atoms with Gasteiger partial charge in [-0.1, -0.05) is 87.9 Å². The van der Waals surface area contributed by atoms with Gasteiger partial charge < -0.3 is 0 Å². The molecule has 0 heterocycles. The lowest BCUT2D eigenvalue weighted by Crippen LogP contribution is -2.25. The zero-order chi connectivity index (χ0) is 23.0. The second-order valence-corrected chi connectivity index (χ2v) is 11.0.